The topological polar surface area (TPSA) is 80.2 Å². The van der Waals surface area contributed by atoms with Gasteiger partial charge in [0.05, 0.1) is 24.4 Å². The molecule has 1 aliphatic rings. The molecular formula is C21H20F3N5O2S. The molecule has 1 aromatic carbocycles. The fraction of sp³-hybridized carbons (Fsp3) is 0.333. The molecule has 32 heavy (non-hydrogen) atoms. The maximum absolute atomic E-state index is 14.4. The third kappa shape index (κ3) is 3.99. The van der Waals surface area contributed by atoms with Crippen LogP contribution in [-0.2, 0) is 5.41 Å². The van der Waals surface area contributed by atoms with Gasteiger partial charge in [0.1, 0.15) is 22.8 Å². The summed E-state index contributed by atoms with van der Waals surface area (Å²) in [7, 11) is 1.36. The van der Waals surface area contributed by atoms with E-state index in [-0.39, 0.29) is 23.8 Å². The van der Waals surface area contributed by atoms with Gasteiger partial charge in [-0.2, -0.15) is 4.37 Å². The average Bonchev–Trinajstić information content (AvgIpc) is 3.46. The number of methoxy groups -OCH3 is 1. The Morgan fingerprint density at radius 3 is 2.78 bits per heavy atom. The first-order chi connectivity index (χ1) is 15.3. The second-order valence-corrected chi connectivity index (χ2v) is 8.28. The first-order valence-electron chi connectivity index (χ1n) is 9.76. The van der Waals surface area contributed by atoms with Gasteiger partial charge in [-0.15, -0.1) is 0 Å². The predicted octanol–water partition coefficient (Wildman–Crippen LogP) is 4.55. The van der Waals surface area contributed by atoms with Gasteiger partial charge in [0.2, 0.25) is 0 Å². The van der Waals surface area contributed by atoms with E-state index >= 15 is 0 Å². The summed E-state index contributed by atoms with van der Waals surface area (Å²) in [5.41, 5.74) is 0.129. The van der Waals surface area contributed by atoms with Crippen molar-refractivity contribution in [1.82, 2.24) is 19.2 Å². The predicted molar refractivity (Wildman–Crippen MR) is 113 cm³/mol. The minimum absolute atomic E-state index is 0.0950. The molecule has 1 atom stereocenters. The van der Waals surface area contributed by atoms with Crippen molar-refractivity contribution in [3.8, 4) is 5.75 Å². The van der Waals surface area contributed by atoms with Crippen LogP contribution in [0.5, 0.6) is 5.75 Å². The second-order valence-electron chi connectivity index (χ2n) is 7.50. The fourth-order valence-corrected chi connectivity index (χ4v) is 4.57. The maximum atomic E-state index is 14.4. The Morgan fingerprint density at radius 1 is 1.31 bits per heavy atom. The highest BCUT2D eigenvalue weighted by molar-refractivity contribution is 7.05. The van der Waals surface area contributed by atoms with Crippen molar-refractivity contribution in [2.45, 2.75) is 25.2 Å². The van der Waals surface area contributed by atoms with Gasteiger partial charge >= 0.3 is 6.03 Å². The highest BCUT2D eigenvalue weighted by atomic mass is 32.1. The third-order valence-electron chi connectivity index (χ3n) is 5.63. The zero-order chi connectivity index (χ0) is 22.9. The number of ether oxygens (including phenoxy) is 1. The molecule has 0 saturated carbocycles. The summed E-state index contributed by atoms with van der Waals surface area (Å²) in [4.78, 5) is 22.5. The van der Waals surface area contributed by atoms with Crippen LogP contribution in [0.1, 0.15) is 34.7 Å². The van der Waals surface area contributed by atoms with E-state index in [0.29, 0.717) is 29.1 Å². The number of halogens is 3. The molecule has 11 heteroatoms. The molecule has 168 valence electrons. The number of carbonyl (C=O) groups is 1. The Balaban J connectivity index is 1.62. The van der Waals surface area contributed by atoms with E-state index in [2.05, 4.69) is 19.7 Å². The number of aromatic nitrogens is 3. The number of hydrogen-bond acceptors (Lipinski definition) is 6. The third-order valence-corrected chi connectivity index (χ3v) is 6.49. The largest absolute Gasteiger partial charge is 0.493 e. The highest BCUT2D eigenvalue weighted by Gasteiger charge is 2.45. The van der Waals surface area contributed by atoms with Gasteiger partial charge in [0.15, 0.2) is 5.75 Å². The lowest BCUT2D eigenvalue weighted by Crippen LogP contribution is -2.37. The zero-order valence-electron chi connectivity index (χ0n) is 17.3. The monoisotopic (exact) mass is 463 g/mol. The molecule has 1 saturated heterocycles. The number of likely N-dealkylation sites (tertiary alicyclic amines) is 1. The molecule has 1 N–H and O–H groups in total. The summed E-state index contributed by atoms with van der Waals surface area (Å²) in [5.74, 6) is -0.173. The Hall–Kier alpha value is -3.21. The van der Waals surface area contributed by atoms with Gasteiger partial charge in [-0.3, -0.25) is 4.98 Å². The van der Waals surface area contributed by atoms with Crippen LogP contribution >= 0.6 is 11.5 Å². The molecule has 4 rings (SSSR count). The Bertz CT molecular complexity index is 1130. The van der Waals surface area contributed by atoms with E-state index in [0.717, 1.165) is 12.3 Å². The summed E-state index contributed by atoms with van der Waals surface area (Å²) in [6.07, 6.45) is 0.294. The number of nitrogens with one attached hydrogen (secondary N) is 1. The number of amides is 2. The van der Waals surface area contributed by atoms with Crippen LogP contribution in [0.15, 0.2) is 36.8 Å². The Kier molecular flexibility index (Phi) is 6.00. The smallest absolute Gasteiger partial charge is 0.321 e. The summed E-state index contributed by atoms with van der Waals surface area (Å²) in [6.45, 7) is 2.27. The van der Waals surface area contributed by atoms with Gasteiger partial charge < -0.3 is 15.0 Å². The number of aryl methyl sites for hydroxylation is 1. The summed E-state index contributed by atoms with van der Waals surface area (Å²) >= 11 is 1.20. The van der Waals surface area contributed by atoms with Crippen LogP contribution in [0, 0.1) is 12.7 Å². The lowest BCUT2D eigenvalue weighted by molar-refractivity contribution is 0.146. The van der Waals surface area contributed by atoms with E-state index in [1.54, 1.807) is 17.9 Å². The molecule has 0 unspecified atom stereocenters. The van der Waals surface area contributed by atoms with E-state index in [1.165, 1.54) is 31.0 Å². The van der Waals surface area contributed by atoms with Gasteiger partial charge in [-0.1, -0.05) is 12.1 Å². The van der Waals surface area contributed by atoms with Gasteiger partial charge in [-0.05, 0) is 48.1 Å². The second kappa shape index (κ2) is 8.73. The summed E-state index contributed by atoms with van der Waals surface area (Å²) in [6, 6.07) is 5.60. The Morgan fingerprint density at radius 2 is 2.12 bits per heavy atom. The molecule has 1 fully saturated rings. The molecule has 0 spiro atoms. The van der Waals surface area contributed by atoms with Gasteiger partial charge in [-0.25, -0.2) is 22.9 Å². The fourth-order valence-electron chi connectivity index (χ4n) is 3.82. The van der Waals surface area contributed by atoms with Crippen molar-refractivity contribution in [3.63, 3.8) is 0 Å². The first-order valence-corrected chi connectivity index (χ1v) is 10.5. The Labute approximate surface area is 186 Å². The molecule has 2 amide bonds. The molecule has 3 aromatic rings. The van der Waals surface area contributed by atoms with Crippen molar-refractivity contribution < 1.29 is 22.7 Å². The number of pyridine rings is 1. The van der Waals surface area contributed by atoms with Crippen LogP contribution < -0.4 is 10.1 Å². The number of benzene rings is 1. The van der Waals surface area contributed by atoms with Gasteiger partial charge in [0.25, 0.3) is 6.43 Å². The SMILES string of the molecule is COc1cnc(C(F)F)cc1NC(=O)N1CC[C@@](c2ccc(C)c(F)c2)(c2ncns2)C1. The number of urea groups is 1. The lowest BCUT2D eigenvalue weighted by Gasteiger charge is -2.28. The maximum Gasteiger partial charge on any atom is 0.321 e. The standard InChI is InChI=1S/C21H20F3N5O2S/c1-12-3-4-13(7-14(12)22)21(19-26-11-27-32-19)5-6-29(10-21)20(30)28-15-8-16(18(23)24)25-9-17(15)31-2/h3-4,7-9,11,18H,5-6,10H2,1-2H3,(H,25,28,30)/t21-/m1/s1. The summed E-state index contributed by atoms with van der Waals surface area (Å²) in [5, 5.41) is 3.31. The number of hydrogen-bond donors (Lipinski definition) is 1. The van der Waals surface area contributed by atoms with E-state index in [4.69, 9.17) is 4.74 Å². The lowest BCUT2D eigenvalue weighted by atomic mass is 9.80. The van der Waals surface area contributed by atoms with E-state index in [9.17, 15) is 18.0 Å². The van der Waals surface area contributed by atoms with Crippen molar-refractivity contribution in [2.75, 3.05) is 25.5 Å². The minimum atomic E-state index is -2.79. The molecule has 0 aliphatic carbocycles. The quantitative estimate of drug-likeness (QED) is 0.601. The van der Waals surface area contributed by atoms with Crippen molar-refractivity contribution in [3.05, 3.63) is 64.4 Å². The number of anilines is 1. The molecule has 0 bridgehead atoms. The zero-order valence-corrected chi connectivity index (χ0v) is 18.1. The van der Waals surface area contributed by atoms with Crippen molar-refractivity contribution in [2.24, 2.45) is 0 Å². The highest BCUT2D eigenvalue weighted by Crippen LogP contribution is 2.42. The van der Waals surface area contributed by atoms with Crippen LogP contribution in [-0.4, -0.2) is 45.5 Å². The molecule has 2 aromatic heterocycles. The number of alkyl halides is 2. The average molecular weight is 463 g/mol. The van der Waals surface area contributed by atoms with Crippen molar-refractivity contribution in [1.29, 1.82) is 0 Å². The van der Waals surface area contributed by atoms with E-state index in [1.807, 2.05) is 6.07 Å². The molecule has 1 aliphatic heterocycles. The number of carbonyl (C=O) groups excluding carboxylic acids is 1. The normalized spacial score (nSPS) is 18.2. The number of nitrogens with zero attached hydrogens (tertiary/aromatic N) is 4. The molecule has 3 heterocycles. The van der Waals surface area contributed by atoms with E-state index < -0.39 is 23.6 Å². The van der Waals surface area contributed by atoms with Crippen LogP contribution in [0.2, 0.25) is 0 Å². The van der Waals surface area contributed by atoms with Crippen LogP contribution in [0.25, 0.3) is 0 Å². The van der Waals surface area contributed by atoms with Gasteiger partial charge in [0, 0.05) is 13.1 Å². The summed E-state index contributed by atoms with van der Waals surface area (Å²) < 4.78 is 49.7. The molecular weight excluding hydrogens is 443 g/mol. The minimum Gasteiger partial charge on any atom is -0.493 e. The first kappa shape index (κ1) is 22.0. The van der Waals surface area contributed by atoms with Crippen LogP contribution in [0.4, 0.5) is 23.7 Å². The van der Waals surface area contributed by atoms with Crippen LogP contribution in [0.3, 0.4) is 0 Å². The molecule has 0 radical (unpaired) electrons. The number of rotatable bonds is 5. The molecule has 7 nitrogen and oxygen atoms in total. The van der Waals surface area contributed by atoms with Crippen molar-refractivity contribution >= 4 is 23.3 Å².